The molecule has 6 rings (SSSR count). The third-order valence-electron chi connectivity index (χ3n) is 8.95. The van der Waals surface area contributed by atoms with Crippen LogP contribution in [0.5, 0.6) is 11.8 Å². The fourth-order valence-corrected chi connectivity index (χ4v) is 6.63. The normalized spacial score (nSPS) is 17.8. The third-order valence-corrected chi connectivity index (χ3v) is 8.95. The van der Waals surface area contributed by atoms with Crippen LogP contribution < -0.4 is 14.5 Å². The number of hydrogen-bond acceptors (Lipinski definition) is 8. The summed E-state index contributed by atoms with van der Waals surface area (Å²) in [6.07, 6.45) is 7.03. The van der Waals surface area contributed by atoms with E-state index in [2.05, 4.69) is 27.3 Å². The minimum Gasteiger partial charge on any atom is -0.508 e. The predicted octanol–water partition coefficient (Wildman–Crippen LogP) is 4.30. The molecule has 1 N–H and O–H groups in total. The second-order valence-corrected chi connectivity index (χ2v) is 11.6. The lowest BCUT2D eigenvalue weighted by Crippen LogP contribution is -2.49. The molecule has 0 radical (unpaired) electrons. The van der Waals surface area contributed by atoms with Crippen molar-refractivity contribution >= 4 is 28.2 Å². The molecule has 0 spiro atoms. The number of likely N-dealkylation sites (tertiary alicyclic amines) is 1. The van der Waals surface area contributed by atoms with E-state index < -0.39 is 0 Å². The highest BCUT2D eigenvalue weighted by Gasteiger charge is 2.29. The molecule has 9 nitrogen and oxygen atoms in total. The van der Waals surface area contributed by atoms with Crippen LogP contribution in [0.4, 0.5) is 11.5 Å². The topological polar surface area (TPSA) is 85.3 Å². The van der Waals surface area contributed by atoms with E-state index in [1.54, 1.807) is 0 Å². The molecule has 42 heavy (non-hydrogen) atoms. The highest BCUT2D eigenvalue weighted by atomic mass is 16.5. The second-order valence-electron chi connectivity index (χ2n) is 11.6. The molecule has 4 heterocycles. The van der Waals surface area contributed by atoms with E-state index in [0.717, 1.165) is 65.0 Å². The number of nitrogens with zero attached hydrogens (tertiary/aromatic N) is 6. The van der Waals surface area contributed by atoms with Crippen molar-refractivity contribution in [2.24, 2.45) is 0 Å². The number of phenols is 1. The molecule has 3 aliphatic heterocycles. The van der Waals surface area contributed by atoms with Gasteiger partial charge in [0, 0.05) is 55.8 Å². The smallest absolute Gasteiger partial charge is 0.318 e. The molecule has 3 aliphatic rings. The Kier molecular flexibility index (Phi) is 8.46. The van der Waals surface area contributed by atoms with Gasteiger partial charge in [-0.05, 0) is 63.2 Å². The Morgan fingerprint density at radius 1 is 1.02 bits per heavy atom. The zero-order valence-electron chi connectivity index (χ0n) is 24.7. The van der Waals surface area contributed by atoms with Gasteiger partial charge in [-0.15, -0.1) is 0 Å². The van der Waals surface area contributed by atoms with Gasteiger partial charge in [-0.1, -0.05) is 37.3 Å². The Labute approximate surface area is 248 Å². The fourth-order valence-electron chi connectivity index (χ4n) is 6.63. The van der Waals surface area contributed by atoms with Gasteiger partial charge in [-0.2, -0.15) is 9.97 Å². The number of aromatic nitrogens is 2. The number of rotatable bonds is 8. The summed E-state index contributed by atoms with van der Waals surface area (Å²) in [7, 11) is 0. The van der Waals surface area contributed by atoms with Crippen molar-refractivity contribution in [2.75, 3.05) is 68.8 Å². The van der Waals surface area contributed by atoms with Crippen molar-refractivity contribution in [3.63, 3.8) is 0 Å². The summed E-state index contributed by atoms with van der Waals surface area (Å²) >= 11 is 0. The number of phenolic OH excluding ortho intramolecular Hbond substituents is 1. The number of ether oxygens (including phenoxy) is 1. The lowest BCUT2D eigenvalue weighted by Gasteiger charge is -2.38. The van der Waals surface area contributed by atoms with Crippen LogP contribution in [0.3, 0.4) is 0 Å². The van der Waals surface area contributed by atoms with Crippen LogP contribution in [0.2, 0.25) is 0 Å². The van der Waals surface area contributed by atoms with E-state index >= 15 is 0 Å². The fraction of sp³-hybridized carbons (Fsp3) is 0.485. The van der Waals surface area contributed by atoms with Gasteiger partial charge in [0.05, 0.1) is 24.5 Å². The van der Waals surface area contributed by atoms with Crippen molar-refractivity contribution in [1.29, 1.82) is 0 Å². The number of amides is 1. The summed E-state index contributed by atoms with van der Waals surface area (Å²) in [4.78, 5) is 31.1. The second kappa shape index (κ2) is 12.6. The molecule has 0 saturated carbocycles. The van der Waals surface area contributed by atoms with Crippen molar-refractivity contribution < 1.29 is 14.6 Å². The molecular formula is C33H42N6O3. The van der Waals surface area contributed by atoms with Crippen LogP contribution in [-0.2, 0) is 17.8 Å². The highest BCUT2D eigenvalue weighted by molar-refractivity contribution is 5.97. The van der Waals surface area contributed by atoms with E-state index in [1.807, 2.05) is 36.1 Å². The van der Waals surface area contributed by atoms with E-state index in [9.17, 15) is 9.90 Å². The molecule has 0 bridgehead atoms. The minimum absolute atomic E-state index is 0.0264. The first-order valence-corrected chi connectivity index (χ1v) is 15.4. The maximum atomic E-state index is 12.2. The lowest BCUT2D eigenvalue weighted by atomic mass is 9.99. The summed E-state index contributed by atoms with van der Waals surface area (Å²) < 4.78 is 6.21. The SMILES string of the molecule is C=CC(=O)N1CCN(c2nc(OCCCN3CCCCC3)nc3c2CCN(c2c(C)c(O)cc4ccccc24)C3)CC1. The molecule has 1 amide bonds. The number of hydrogen-bond donors (Lipinski definition) is 1. The molecule has 2 saturated heterocycles. The van der Waals surface area contributed by atoms with Gasteiger partial charge in [0.2, 0.25) is 5.91 Å². The Balaban J connectivity index is 1.26. The van der Waals surface area contributed by atoms with E-state index in [1.165, 1.54) is 38.4 Å². The Morgan fingerprint density at radius 3 is 2.60 bits per heavy atom. The maximum absolute atomic E-state index is 12.2. The molecule has 1 aromatic heterocycles. The van der Waals surface area contributed by atoms with Gasteiger partial charge in [0.15, 0.2) is 0 Å². The Bertz CT molecular complexity index is 1450. The van der Waals surface area contributed by atoms with Crippen LogP contribution in [0.1, 0.15) is 42.5 Å². The maximum Gasteiger partial charge on any atom is 0.318 e. The zero-order valence-corrected chi connectivity index (χ0v) is 24.7. The predicted molar refractivity (Wildman–Crippen MR) is 167 cm³/mol. The molecule has 3 aromatic rings. The number of carbonyl (C=O) groups is 1. The van der Waals surface area contributed by atoms with Crippen LogP contribution in [0, 0.1) is 6.92 Å². The summed E-state index contributed by atoms with van der Waals surface area (Å²) in [5.41, 5.74) is 4.05. The van der Waals surface area contributed by atoms with Crippen LogP contribution in [0.25, 0.3) is 10.8 Å². The van der Waals surface area contributed by atoms with Crippen molar-refractivity contribution in [2.45, 2.75) is 45.6 Å². The highest BCUT2D eigenvalue weighted by Crippen LogP contribution is 2.39. The third kappa shape index (κ3) is 5.88. The van der Waals surface area contributed by atoms with Crippen molar-refractivity contribution in [1.82, 2.24) is 19.8 Å². The molecule has 222 valence electrons. The Hall–Kier alpha value is -3.85. The summed E-state index contributed by atoms with van der Waals surface area (Å²) in [5.74, 6) is 1.21. The summed E-state index contributed by atoms with van der Waals surface area (Å²) in [6, 6.07) is 10.5. The number of anilines is 2. The number of benzene rings is 2. The molecule has 0 atom stereocenters. The lowest BCUT2D eigenvalue weighted by molar-refractivity contribution is -0.126. The summed E-state index contributed by atoms with van der Waals surface area (Å²) in [5, 5.41) is 12.9. The van der Waals surface area contributed by atoms with E-state index in [4.69, 9.17) is 14.7 Å². The number of fused-ring (bicyclic) bond motifs is 2. The van der Waals surface area contributed by atoms with Crippen LogP contribution in [-0.4, -0.2) is 89.7 Å². The van der Waals surface area contributed by atoms with E-state index in [0.29, 0.717) is 51.1 Å². The molecule has 9 heteroatoms. The molecular weight excluding hydrogens is 528 g/mol. The van der Waals surface area contributed by atoms with E-state index in [-0.39, 0.29) is 5.91 Å². The number of piperidine rings is 1. The molecule has 2 fully saturated rings. The largest absolute Gasteiger partial charge is 0.508 e. The van der Waals surface area contributed by atoms with Gasteiger partial charge in [0.25, 0.3) is 0 Å². The number of aromatic hydroxyl groups is 1. The average Bonchev–Trinajstić information content (AvgIpc) is 3.03. The zero-order chi connectivity index (χ0) is 29.1. The molecule has 0 unspecified atom stereocenters. The van der Waals surface area contributed by atoms with Gasteiger partial charge < -0.3 is 29.4 Å². The van der Waals surface area contributed by atoms with Gasteiger partial charge in [0.1, 0.15) is 11.6 Å². The standard InChI is InChI=1S/C33H42N6O3/c1-3-30(41)37-17-19-38(20-18-37)32-27-12-16-39(31-24(2)29(40)22-25-10-5-6-11-26(25)31)23-28(27)34-33(35-32)42-21-9-15-36-13-7-4-8-14-36/h3,5-6,10-11,22,40H,1,4,7-9,12-21,23H2,2H3. The first-order valence-electron chi connectivity index (χ1n) is 15.4. The van der Waals surface area contributed by atoms with Crippen LogP contribution in [0.15, 0.2) is 43.0 Å². The van der Waals surface area contributed by atoms with Crippen molar-refractivity contribution in [3.8, 4) is 11.8 Å². The molecule has 0 aliphatic carbocycles. The van der Waals surface area contributed by atoms with Gasteiger partial charge in [-0.3, -0.25) is 4.79 Å². The first-order chi connectivity index (χ1) is 20.5. The van der Waals surface area contributed by atoms with Gasteiger partial charge in [-0.25, -0.2) is 0 Å². The quantitative estimate of drug-likeness (QED) is 0.317. The van der Waals surface area contributed by atoms with Crippen molar-refractivity contribution in [3.05, 3.63) is 59.8 Å². The number of carbonyl (C=O) groups excluding carboxylic acids is 1. The monoisotopic (exact) mass is 570 g/mol. The average molecular weight is 571 g/mol. The minimum atomic E-state index is -0.0264. The van der Waals surface area contributed by atoms with Crippen LogP contribution >= 0.6 is 0 Å². The first kappa shape index (κ1) is 28.3. The number of piperazine rings is 1. The summed E-state index contributed by atoms with van der Waals surface area (Å²) in [6.45, 7) is 13.7. The molecule has 2 aromatic carbocycles. The van der Waals surface area contributed by atoms with Gasteiger partial charge >= 0.3 is 6.01 Å². The Morgan fingerprint density at radius 2 is 1.81 bits per heavy atom.